The smallest absolute Gasteiger partial charge is 0.263 e. The summed E-state index contributed by atoms with van der Waals surface area (Å²) in [4.78, 5) is 13.9. The van der Waals surface area contributed by atoms with Crippen LogP contribution in [0.4, 0.5) is 0 Å². The molecule has 0 unspecified atom stereocenters. The van der Waals surface area contributed by atoms with Gasteiger partial charge in [0.1, 0.15) is 12.4 Å². The number of hydrogen-bond acceptors (Lipinski definition) is 9. The summed E-state index contributed by atoms with van der Waals surface area (Å²) >= 11 is 1.55. The quantitative estimate of drug-likeness (QED) is 0.253. The molecule has 28 heavy (non-hydrogen) atoms. The van der Waals surface area contributed by atoms with Gasteiger partial charge in [-0.1, -0.05) is 12.1 Å². The van der Waals surface area contributed by atoms with Crippen LogP contribution < -0.4 is 4.74 Å². The lowest BCUT2D eigenvalue weighted by atomic mass is 10.1. The van der Waals surface area contributed by atoms with Crippen LogP contribution in [-0.2, 0) is 4.84 Å². The van der Waals surface area contributed by atoms with Crippen molar-refractivity contribution < 1.29 is 14.0 Å². The number of thiazole rings is 1. The maximum Gasteiger partial charge on any atom is 0.263 e. The molecule has 4 aromatic rings. The van der Waals surface area contributed by atoms with E-state index in [1.165, 1.54) is 6.39 Å². The van der Waals surface area contributed by atoms with Crippen LogP contribution in [0.15, 0.2) is 58.0 Å². The maximum absolute atomic E-state index is 6.16. The molecule has 4 rings (SSSR count). The van der Waals surface area contributed by atoms with Crippen molar-refractivity contribution in [1.29, 1.82) is 0 Å². The fraction of sp³-hybridized carbons (Fsp3) is 0.211. The van der Waals surface area contributed by atoms with Crippen molar-refractivity contribution in [3.05, 3.63) is 65.6 Å². The van der Waals surface area contributed by atoms with E-state index < -0.39 is 6.10 Å². The standard InChI is InChI=1S/C19H17N5O3S/c1-2-7-26-23-10-13-5-6-20-16(8-13)18(19-24-22-11-25-19)27-14-3-4-15-17(9-14)28-12-21-15/h3-6,8-12,18H,2,7H2,1H3/b23-10+/t18-/m1/s1. The molecular formula is C19H17N5O3S. The Hall–Kier alpha value is -3.33. The van der Waals surface area contributed by atoms with Gasteiger partial charge in [-0.15, -0.1) is 21.5 Å². The van der Waals surface area contributed by atoms with Crippen LogP contribution in [0.25, 0.3) is 10.2 Å². The normalized spacial score (nSPS) is 12.5. The number of hydrogen-bond donors (Lipinski definition) is 0. The molecule has 0 radical (unpaired) electrons. The van der Waals surface area contributed by atoms with E-state index in [1.54, 1.807) is 29.3 Å². The number of pyridine rings is 1. The zero-order valence-corrected chi connectivity index (χ0v) is 15.9. The van der Waals surface area contributed by atoms with Crippen LogP contribution in [0.5, 0.6) is 5.75 Å². The largest absolute Gasteiger partial charge is 0.474 e. The van der Waals surface area contributed by atoms with Crippen molar-refractivity contribution in [2.75, 3.05) is 6.61 Å². The molecule has 9 heteroatoms. The molecular weight excluding hydrogens is 378 g/mol. The van der Waals surface area contributed by atoms with Crippen LogP contribution >= 0.6 is 11.3 Å². The zero-order valence-electron chi connectivity index (χ0n) is 15.1. The summed E-state index contributed by atoms with van der Waals surface area (Å²) in [6.45, 7) is 2.60. The van der Waals surface area contributed by atoms with Crippen LogP contribution in [0.1, 0.15) is 36.6 Å². The van der Waals surface area contributed by atoms with Crippen LogP contribution in [0.3, 0.4) is 0 Å². The minimum Gasteiger partial charge on any atom is -0.474 e. The first-order valence-corrected chi connectivity index (χ1v) is 9.58. The highest BCUT2D eigenvalue weighted by atomic mass is 32.1. The molecule has 0 N–H and O–H groups in total. The number of oxime groups is 1. The van der Waals surface area contributed by atoms with Gasteiger partial charge in [-0.3, -0.25) is 4.98 Å². The van der Waals surface area contributed by atoms with Crippen molar-refractivity contribution in [3.8, 4) is 5.75 Å². The van der Waals surface area contributed by atoms with E-state index in [9.17, 15) is 0 Å². The van der Waals surface area contributed by atoms with Gasteiger partial charge in [-0.05, 0) is 42.3 Å². The number of ether oxygens (including phenoxy) is 1. The number of aromatic nitrogens is 4. The molecule has 3 heterocycles. The molecule has 0 aliphatic rings. The third-order valence-corrected chi connectivity index (χ3v) is 4.60. The predicted octanol–water partition coefficient (Wildman–Crippen LogP) is 4.00. The summed E-state index contributed by atoms with van der Waals surface area (Å²) in [6.07, 6.45) is 4.82. The summed E-state index contributed by atoms with van der Waals surface area (Å²) in [5.74, 6) is 0.973. The van der Waals surface area contributed by atoms with Crippen LogP contribution in [-0.4, -0.2) is 33.0 Å². The van der Waals surface area contributed by atoms with Gasteiger partial charge in [-0.2, -0.15) is 0 Å². The summed E-state index contributed by atoms with van der Waals surface area (Å²) in [5.41, 5.74) is 4.17. The van der Waals surface area contributed by atoms with Crippen molar-refractivity contribution >= 4 is 27.8 Å². The molecule has 0 saturated carbocycles. The monoisotopic (exact) mass is 395 g/mol. The highest BCUT2D eigenvalue weighted by Crippen LogP contribution is 2.29. The van der Waals surface area contributed by atoms with Gasteiger partial charge in [0.2, 0.25) is 12.5 Å². The molecule has 0 saturated heterocycles. The predicted molar refractivity (Wildman–Crippen MR) is 104 cm³/mol. The second-order valence-electron chi connectivity index (χ2n) is 5.84. The first kappa shape index (κ1) is 18.1. The average molecular weight is 395 g/mol. The third-order valence-electron chi connectivity index (χ3n) is 3.80. The first-order valence-electron chi connectivity index (χ1n) is 8.70. The first-order chi connectivity index (χ1) is 13.8. The molecule has 3 aromatic heterocycles. The Morgan fingerprint density at radius 2 is 2.21 bits per heavy atom. The Bertz CT molecular complexity index is 1060. The number of fused-ring (bicyclic) bond motifs is 1. The number of nitrogens with zero attached hydrogens (tertiary/aromatic N) is 5. The van der Waals surface area contributed by atoms with Gasteiger partial charge in [0.25, 0.3) is 5.89 Å². The fourth-order valence-electron chi connectivity index (χ4n) is 2.51. The van der Waals surface area contributed by atoms with E-state index in [0.29, 0.717) is 23.9 Å². The average Bonchev–Trinajstić information content (AvgIpc) is 3.41. The Balaban J connectivity index is 1.62. The van der Waals surface area contributed by atoms with Gasteiger partial charge in [0.15, 0.2) is 0 Å². The summed E-state index contributed by atoms with van der Waals surface area (Å²) < 4.78 is 12.6. The van der Waals surface area contributed by atoms with Gasteiger partial charge < -0.3 is 14.0 Å². The molecule has 0 fully saturated rings. The Morgan fingerprint density at radius 1 is 1.25 bits per heavy atom. The van der Waals surface area contributed by atoms with Crippen molar-refractivity contribution in [1.82, 2.24) is 20.2 Å². The van der Waals surface area contributed by atoms with Crippen LogP contribution in [0, 0.1) is 0 Å². The second kappa shape index (κ2) is 8.57. The maximum atomic E-state index is 6.16. The fourth-order valence-corrected chi connectivity index (χ4v) is 3.21. The van der Waals surface area contributed by atoms with Crippen molar-refractivity contribution in [2.45, 2.75) is 19.4 Å². The topological polar surface area (TPSA) is 95.5 Å². The molecule has 142 valence electrons. The lowest BCUT2D eigenvalue weighted by molar-refractivity contribution is 0.146. The minimum absolute atomic E-state index is 0.313. The highest BCUT2D eigenvalue weighted by molar-refractivity contribution is 7.16. The lowest BCUT2D eigenvalue weighted by Gasteiger charge is -2.15. The van der Waals surface area contributed by atoms with E-state index in [1.807, 2.05) is 37.3 Å². The summed E-state index contributed by atoms with van der Waals surface area (Å²) in [6, 6.07) is 9.37. The summed E-state index contributed by atoms with van der Waals surface area (Å²) in [5, 5.41) is 11.7. The number of benzene rings is 1. The molecule has 8 nitrogen and oxygen atoms in total. The third kappa shape index (κ3) is 4.15. The van der Waals surface area contributed by atoms with E-state index in [4.69, 9.17) is 14.0 Å². The zero-order chi connectivity index (χ0) is 19.2. The van der Waals surface area contributed by atoms with Gasteiger partial charge in [0.05, 0.1) is 27.6 Å². The molecule has 0 bridgehead atoms. The summed E-state index contributed by atoms with van der Waals surface area (Å²) in [7, 11) is 0. The molecule has 1 aromatic carbocycles. The Kier molecular flexibility index (Phi) is 5.53. The van der Waals surface area contributed by atoms with E-state index in [0.717, 1.165) is 22.2 Å². The SMILES string of the molecule is CCCO/N=C/c1ccnc([C@@H](Oc2ccc3ncsc3c2)c2nnco2)c1. The van der Waals surface area contributed by atoms with Gasteiger partial charge in [0, 0.05) is 6.20 Å². The number of rotatable bonds is 8. The molecule has 0 spiro atoms. The molecule has 1 atom stereocenters. The van der Waals surface area contributed by atoms with E-state index in [-0.39, 0.29) is 0 Å². The highest BCUT2D eigenvalue weighted by Gasteiger charge is 2.23. The van der Waals surface area contributed by atoms with E-state index in [2.05, 4.69) is 25.3 Å². The van der Waals surface area contributed by atoms with Crippen molar-refractivity contribution in [2.24, 2.45) is 5.16 Å². The van der Waals surface area contributed by atoms with Crippen LogP contribution in [0.2, 0.25) is 0 Å². The second-order valence-corrected chi connectivity index (χ2v) is 6.72. The van der Waals surface area contributed by atoms with Crippen molar-refractivity contribution in [3.63, 3.8) is 0 Å². The lowest BCUT2D eigenvalue weighted by Crippen LogP contribution is -2.12. The molecule has 0 aliphatic carbocycles. The van der Waals surface area contributed by atoms with Gasteiger partial charge in [-0.25, -0.2) is 4.98 Å². The Morgan fingerprint density at radius 3 is 3.07 bits per heavy atom. The van der Waals surface area contributed by atoms with Gasteiger partial charge >= 0.3 is 0 Å². The van der Waals surface area contributed by atoms with E-state index >= 15 is 0 Å². The molecule has 0 amide bonds. The minimum atomic E-state index is -0.655. The molecule has 0 aliphatic heterocycles. The Labute approximate surface area is 164 Å².